The number of hydrogen-bond acceptors (Lipinski definition) is 6. The Balaban J connectivity index is 1.34. The minimum Gasteiger partial charge on any atom is -0.355 e. The van der Waals surface area contributed by atoms with Gasteiger partial charge in [0, 0.05) is 49.7 Å². The van der Waals surface area contributed by atoms with Crippen LogP contribution in [0.4, 0.5) is 19.0 Å². The number of anilines is 1. The normalized spacial score (nSPS) is 19.8. The van der Waals surface area contributed by atoms with Gasteiger partial charge >= 0.3 is 6.18 Å². The molecule has 2 aliphatic heterocycles. The second kappa shape index (κ2) is 11.1. The maximum atomic E-state index is 13.8. The number of amides is 1. The van der Waals surface area contributed by atoms with Crippen LogP contribution in [0.3, 0.4) is 0 Å². The fourth-order valence-electron chi connectivity index (χ4n) is 5.55. The van der Waals surface area contributed by atoms with Gasteiger partial charge < -0.3 is 15.1 Å². The summed E-state index contributed by atoms with van der Waals surface area (Å²) in [6.45, 7) is 8.24. The van der Waals surface area contributed by atoms with Gasteiger partial charge in [0.2, 0.25) is 5.91 Å². The monoisotopic (exact) mass is 583 g/mol. The van der Waals surface area contributed by atoms with Crippen molar-refractivity contribution in [2.45, 2.75) is 38.9 Å². The van der Waals surface area contributed by atoms with Gasteiger partial charge in [-0.3, -0.25) is 4.79 Å². The molecule has 1 N–H and O–H groups in total. The number of piperidine rings is 1. The highest BCUT2D eigenvalue weighted by molar-refractivity contribution is 6.35. The summed E-state index contributed by atoms with van der Waals surface area (Å²) in [5.74, 6) is 1.50. The van der Waals surface area contributed by atoms with Crippen molar-refractivity contribution in [1.29, 1.82) is 0 Å². The van der Waals surface area contributed by atoms with Crippen molar-refractivity contribution in [3.8, 4) is 0 Å². The highest BCUT2D eigenvalue weighted by atomic mass is 35.5. The Hall–Kier alpha value is -2.63. The van der Waals surface area contributed by atoms with Gasteiger partial charge in [-0.15, -0.1) is 0 Å². The van der Waals surface area contributed by atoms with Gasteiger partial charge in [0.25, 0.3) is 0 Å². The third kappa shape index (κ3) is 5.95. The molecule has 0 bridgehead atoms. The number of fused-ring (bicyclic) bond motifs is 1. The number of likely N-dealkylation sites (tertiary alicyclic amines) is 1. The molecule has 5 rings (SSSR count). The molecule has 1 aromatic carbocycles. The van der Waals surface area contributed by atoms with Crippen molar-refractivity contribution in [2.24, 2.45) is 11.8 Å². The standard InChI is InChI=1S/C26H30Cl2F3N7O/c1-15(20-6-5-19(27)10-21(20)28)38-25-23(24(35-38)26(29,30)31)33-11-22(34-25)37-13-18(14-37)17-4-3-8-36(12-17)9-7-32-16(2)39/h5-6,10-11,15,17-18H,3-4,7-9,12-14H2,1-2H3,(H,32,39)/t15?,17-/m0/s1. The highest BCUT2D eigenvalue weighted by Crippen LogP contribution is 2.38. The van der Waals surface area contributed by atoms with Crippen molar-refractivity contribution in [3.63, 3.8) is 0 Å². The molecule has 2 aromatic heterocycles. The number of halogens is 5. The van der Waals surface area contributed by atoms with E-state index in [1.54, 1.807) is 25.1 Å². The lowest BCUT2D eigenvalue weighted by molar-refractivity contribution is -0.140. The molecule has 0 aliphatic carbocycles. The van der Waals surface area contributed by atoms with E-state index in [4.69, 9.17) is 23.2 Å². The number of nitrogens with one attached hydrogen (secondary N) is 1. The van der Waals surface area contributed by atoms with Crippen molar-refractivity contribution in [3.05, 3.63) is 45.7 Å². The predicted molar refractivity (Wildman–Crippen MR) is 144 cm³/mol. The summed E-state index contributed by atoms with van der Waals surface area (Å²) >= 11 is 12.4. The topological polar surface area (TPSA) is 79.2 Å². The number of benzene rings is 1. The Kier molecular flexibility index (Phi) is 7.94. The van der Waals surface area contributed by atoms with Crippen LogP contribution in [-0.4, -0.2) is 69.8 Å². The largest absolute Gasteiger partial charge is 0.437 e. The molecule has 2 atom stereocenters. The van der Waals surface area contributed by atoms with Crippen LogP contribution in [0.2, 0.25) is 10.0 Å². The van der Waals surface area contributed by atoms with Crippen molar-refractivity contribution in [2.75, 3.05) is 44.2 Å². The van der Waals surface area contributed by atoms with E-state index < -0.39 is 17.9 Å². The summed E-state index contributed by atoms with van der Waals surface area (Å²) in [6, 6.07) is 4.23. The fourth-order valence-corrected chi connectivity index (χ4v) is 6.12. The SMILES string of the molecule is CC(=O)NCCN1CCC[C@H](C2CN(c3cnc4c(C(F)(F)F)nn(C(C)c5ccc(Cl)cc5Cl)c4n3)C2)C1. The second-order valence-corrected chi connectivity index (χ2v) is 11.2. The molecular weight excluding hydrogens is 554 g/mol. The molecule has 2 fully saturated rings. The fraction of sp³-hybridized carbons (Fsp3) is 0.538. The first kappa shape index (κ1) is 27.9. The molecule has 13 heteroatoms. The van der Waals surface area contributed by atoms with Crippen LogP contribution < -0.4 is 10.2 Å². The molecule has 0 radical (unpaired) electrons. The molecule has 1 amide bonds. The van der Waals surface area contributed by atoms with Gasteiger partial charge in [-0.25, -0.2) is 14.6 Å². The van der Waals surface area contributed by atoms with Crippen molar-refractivity contribution >= 4 is 46.1 Å². The molecule has 4 heterocycles. The van der Waals surface area contributed by atoms with Crippen LogP contribution in [0.15, 0.2) is 24.4 Å². The number of nitrogens with zero attached hydrogens (tertiary/aromatic N) is 6. The highest BCUT2D eigenvalue weighted by Gasteiger charge is 2.40. The van der Waals surface area contributed by atoms with Gasteiger partial charge in [0.1, 0.15) is 11.3 Å². The molecule has 8 nitrogen and oxygen atoms in total. The molecule has 1 unspecified atom stereocenters. The Morgan fingerprint density at radius 3 is 2.67 bits per heavy atom. The number of carbonyl (C=O) groups is 1. The van der Waals surface area contributed by atoms with Crippen LogP contribution in [0, 0.1) is 11.8 Å². The Bertz CT molecular complexity index is 1360. The summed E-state index contributed by atoms with van der Waals surface area (Å²) < 4.78 is 42.8. The predicted octanol–water partition coefficient (Wildman–Crippen LogP) is 5.05. The maximum Gasteiger partial charge on any atom is 0.437 e. The second-order valence-electron chi connectivity index (χ2n) is 10.4. The maximum absolute atomic E-state index is 13.8. The summed E-state index contributed by atoms with van der Waals surface area (Å²) in [7, 11) is 0. The first-order valence-corrected chi connectivity index (χ1v) is 13.8. The molecule has 3 aromatic rings. The minimum atomic E-state index is -4.68. The quantitative estimate of drug-likeness (QED) is 0.419. The molecule has 2 saturated heterocycles. The molecular formula is C26H30Cl2F3N7O. The zero-order valence-corrected chi connectivity index (χ0v) is 23.2. The smallest absolute Gasteiger partial charge is 0.355 e. The zero-order valence-electron chi connectivity index (χ0n) is 21.7. The van der Waals surface area contributed by atoms with E-state index in [1.165, 1.54) is 17.8 Å². The van der Waals surface area contributed by atoms with E-state index in [0.717, 1.165) is 45.6 Å². The van der Waals surface area contributed by atoms with Crippen LogP contribution >= 0.6 is 23.2 Å². The summed E-state index contributed by atoms with van der Waals surface area (Å²) in [4.78, 5) is 24.4. The lowest BCUT2D eigenvalue weighted by Crippen LogP contribution is -2.54. The van der Waals surface area contributed by atoms with Gasteiger partial charge in [0.05, 0.1) is 12.2 Å². The van der Waals surface area contributed by atoms with E-state index in [0.29, 0.717) is 39.8 Å². The Labute approximate surface area is 234 Å². The van der Waals surface area contributed by atoms with Gasteiger partial charge in [-0.2, -0.15) is 18.3 Å². The van der Waals surface area contributed by atoms with Gasteiger partial charge in [-0.05, 0) is 55.8 Å². The average molecular weight is 584 g/mol. The third-order valence-electron chi connectivity index (χ3n) is 7.68. The lowest BCUT2D eigenvalue weighted by atomic mass is 9.80. The van der Waals surface area contributed by atoms with E-state index in [9.17, 15) is 18.0 Å². The average Bonchev–Trinajstić information content (AvgIpc) is 3.22. The van der Waals surface area contributed by atoms with Crippen LogP contribution in [0.5, 0.6) is 0 Å². The van der Waals surface area contributed by atoms with Crippen molar-refractivity contribution < 1.29 is 18.0 Å². The number of alkyl halides is 3. The van der Waals surface area contributed by atoms with Crippen LogP contribution in [-0.2, 0) is 11.0 Å². The molecule has 0 spiro atoms. The summed E-state index contributed by atoms with van der Waals surface area (Å²) in [5, 5.41) is 7.52. The molecule has 2 aliphatic rings. The first-order chi connectivity index (χ1) is 18.5. The zero-order chi connectivity index (χ0) is 27.9. The Morgan fingerprint density at radius 1 is 1.21 bits per heavy atom. The van der Waals surface area contributed by atoms with Crippen molar-refractivity contribution in [1.82, 2.24) is 30.0 Å². The van der Waals surface area contributed by atoms with Crippen LogP contribution in [0.25, 0.3) is 11.2 Å². The molecule has 39 heavy (non-hydrogen) atoms. The minimum absolute atomic E-state index is 0.0226. The van der Waals surface area contributed by atoms with Crippen LogP contribution in [0.1, 0.15) is 44.0 Å². The van der Waals surface area contributed by atoms with E-state index >= 15 is 0 Å². The van der Waals surface area contributed by atoms with E-state index in [-0.39, 0.29) is 17.1 Å². The van der Waals surface area contributed by atoms with Gasteiger partial charge in [0.15, 0.2) is 11.3 Å². The van der Waals surface area contributed by atoms with Gasteiger partial charge in [-0.1, -0.05) is 29.3 Å². The number of aromatic nitrogens is 4. The molecule has 0 saturated carbocycles. The third-order valence-corrected chi connectivity index (χ3v) is 8.25. The first-order valence-electron chi connectivity index (χ1n) is 13.0. The molecule has 210 valence electrons. The summed E-state index contributed by atoms with van der Waals surface area (Å²) in [5.41, 5.74) is -0.724. The number of hydrogen-bond donors (Lipinski definition) is 1. The number of rotatable bonds is 7. The lowest BCUT2D eigenvalue weighted by Gasteiger charge is -2.47. The Morgan fingerprint density at radius 2 is 1.97 bits per heavy atom. The number of carbonyl (C=O) groups excluding carboxylic acids is 1. The van der Waals surface area contributed by atoms with E-state index in [2.05, 4.69) is 30.2 Å². The van der Waals surface area contributed by atoms with E-state index in [1.807, 2.05) is 0 Å². The summed E-state index contributed by atoms with van der Waals surface area (Å²) in [6.07, 6.45) is -1.03.